The number of nitrogens with zero attached hydrogens (tertiary/aromatic N) is 1. The normalized spacial score (nSPS) is 38.7. The van der Waals surface area contributed by atoms with Gasteiger partial charge in [-0.15, -0.1) is 0 Å². The van der Waals surface area contributed by atoms with Gasteiger partial charge >= 0.3 is 0 Å². The van der Waals surface area contributed by atoms with E-state index in [0.717, 1.165) is 0 Å². The maximum absolute atomic E-state index is 13.3. The monoisotopic (exact) mass is 445 g/mol. The van der Waals surface area contributed by atoms with Crippen molar-refractivity contribution in [2.45, 2.75) is 68.3 Å². The largest absolute Gasteiger partial charge is 0.394 e. The van der Waals surface area contributed by atoms with Crippen LogP contribution in [0, 0.1) is 11.8 Å². The maximum atomic E-state index is 13.3. The van der Waals surface area contributed by atoms with E-state index in [2.05, 4.69) is 26.6 Å². The summed E-state index contributed by atoms with van der Waals surface area (Å²) < 4.78 is 6.26. The van der Waals surface area contributed by atoms with Gasteiger partial charge < -0.3 is 25.4 Å². The molecule has 27 heavy (non-hydrogen) atoms. The van der Waals surface area contributed by atoms with E-state index in [9.17, 15) is 19.5 Å². The Morgan fingerprint density at radius 2 is 2.04 bits per heavy atom. The van der Waals surface area contributed by atoms with Gasteiger partial charge in [-0.1, -0.05) is 15.9 Å². The molecule has 3 rings (SSSR count). The Kier molecular flexibility index (Phi) is 5.10. The van der Waals surface area contributed by atoms with E-state index < -0.39 is 41.2 Å². The van der Waals surface area contributed by atoms with E-state index in [-0.39, 0.29) is 29.2 Å². The summed E-state index contributed by atoms with van der Waals surface area (Å²) >= 11 is 3.58. The van der Waals surface area contributed by atoms with Gasteiger partial charge in [0.15, 0.2) is 0 Å². The Morgan fingerprint density at radius 3 is 2.56 bits per heavy atom. The number of halogens is 1. The zero-order chi connectivity index (χ0) is 20.3. The summed E-state index contributed by atoms with van der Waals surface area (Å²) in [6, 6.07) is -1.45. The Balaban J connectivity index is 2.08. The second kappa shape index (κ2) is 6.70. The van der Waals surface area contributed by atoms with Crippen LogP contribution in [0.15, 0.2) is 0 Å². The highest BCUT2D eigenvalue weighted by Crippen LogP contribution is 2.60. The van der Waals surface area contributed by atoms with Crippen molar-refractivity contribution < 1.29 is 24.2 Å². The molecule has 9 heteroatoms. The van der Waals surface area contributed by atoms with Crippen molar-refractivity contribution in [1.29, 1.82) is 0 Å². The molecule has 0 radical (unpaired) electrons. The number of ether oxygens (including phenoxy) is 1. The van der Waals surface area contributed by atoms with Gasteiger partial charge in [0.2, 0.25) is 17.7 Å². The molecular formula is C18H28BrN3O5. The van der Waals surface area contributed by atoms with Crippen LogP contribution in [0.1, 0.15) is 34.1 Å². The molecule has 2 bridgehead atoms. The Morgan fingerprint density at radius 1 is 1.41 bits per heavy atom. The topological polar surface area (TPSA) is 108 Å². The van der Waals surface area contributed by atoms with Crippen LogP contribution < -0.4 is 10.6 Å². The van der Waals surface area contributed by atoms with Gasteiger partial charge in [-0.25, -0.2) is 0 Å². The van der Waals surface area contributed by atoms with Crippen molar-refractivity contribution in [3.05, 3.63) is 0 Å². The SMILES string of the molecule is CNC(=O)[C@H]1[C@H]2C(=O)N([C@H](C)CO)C(C(=O)NC(C)(C)C)C23CC(Br)[C@@H]1O3. The van der Waals surface area contributed by atoms with Gasteiger partial charge in [-0.05, 0) is 34.1 Å². The fraction of sp³-hybridized carbons (Fsp3) is 0.833. The lowest BCUT2D eigenvalue weighted by atomic mass is 9.70. The third kappa shape index (κ3) is 2.98. The Labute approximate surface area is 167 Å². The smallest absolute Gasteiger partial charge is 0.246 e. The van der Waals surface area contributed by atoms with E-state index in [1.165, 1.54) is 11.9 Å². The molecule has 3 unspecified atom stereocenters. The molecule has 0 saturated carbocycles. The second-order valence-corrected chi connectivity index (χ2v) is 9.97. The van der Waals surface area contributed by atoms with Crippen molar-refractivity contribution in [3.8, 4) is 0 Å². The van der Waals surface area contributed by atoms with Crippen LogP contribution in [-0.2, 0) is 19.1 Å². The minimum Gasteiger partial charge on any atom is -0.394 e. The first kappa shape index (κ1) is 20.5. The lowest BCUT2D eigenvalue weighted by Crippen LogP contribution is -2.60. The first-order chi connectivity index (χ1) is 12.5. The minimum absolute atomic E-state index is 0.127. The molecular weight excluding hydrogens is 418 g/mol. The van der Waals surface area contributed by atoms with Crippen LogP contribution >= 0.6 is 15.9 Å². The number of hydrogen-bond acceptors (Lipinski definition) is 5. The number of aliphatic hydroxyl groups is 1. The third-order valence-corrected chi connectivity index (χ3v) is 6.61. The molecule has 0 aliphatic carbocycles. The third-order valence-electron chi connectivity index (χ3n) is 5.76. The average molecular weight is 446 g/mol. The van der Waals surface area contributed by atoms with Crippen molar-refractivity contribution >= 4 is 33.7 Å². The Bertz CT molecular complexity index is 666. The summed E-state index contributed by atoms with van der Waals surface area (Å²) in [6.45, 7) is 7.01. The molecule has 3 aliphatic rings. The minimum atomic E-state index is -1.08. The van der Waals surface area contributed by atoms with Gasteiger partial charge in [0.1, 0.15) is 11.6 Å². The molecule has 1 spiro atoms. The van der Waals surface area contributed by atoms with E-state index in [1.807, 2.05) is 20.8 Å². The molecule has 3 aliphatic heterocycles. The van der Waals surface area contributed by atoms with Gasteiger partial charge in [0.25, 0.3) is 0 Å². The van der Waals surface area contributed by atoms with Gasteiger partial charge in [0, 0.05) is 17.4 Å². The van der Waals surface area contributed by atoms with Gasteiger partial charge in [-0.2, -0.15) is 0 Å². The molecule has 152 valence electrons. The molecule has 3 saturated heterocycles. The molecule has 7 atom stereocenters. The van der Waals surface area contributed by atoms with Crippen molar-refractivity contribution in [2.24, 2.45) is 11.8 Å². The van der Waals surface area contributed by atoms with Gasteiger partial charge in [0.05, 0.1) is 30.6 Å². The molecule has 3 heterocycles. The van der Waals surface area contributed by atoms with Crippen molar-refractivity contribution in [3.63, 3.8) is 0 Å². The molecule has 0 aromatic carbocycles. The standard InChI is InChI=1S/C18H28BrN3O5/c1-8(7-23)22-13(15(25)21-17(2,3)4)18-6-9(19)12(27-18)10(14(24)20-5)11(18)16(22)26/h8-13,23H,6-7H2,1-5H3,(H,20,24)(H,21,25)/t8-,9?,10+,11+,12+,13?,18?/m1/s1. The predicted molar refractivity (Wildman–Crippen MR) is 101 cm³/mol. The van der Waals surface area contributed by atoms with Crippen LogP contribution in [0.4, 0.5) is 0 Å². The highest BCUT2D eigenvalue weighted by molar-refractivity contribution is 9.09. The van der Waals surface area contributed by atoms with Crippen LogP contribution in [0.2, 0.25) is 0 Å². The fourth-order valence-corrected chi connectivity index (χ4v) is 5.78. The summed E-state index contributed by atoms with van der Waals surface area (Å²) in [5, 5.41) is 15.3. The number of amides is 3. The summed E-state index contributed by atoms with van der Waals surface area (Å²) in [5.41, 5.74) is -1.57. The summed E-state index contributed by atoms with van der Waals surface area (Å²) in [5.74, 6) is -2.29. The molecule has 3 amide bonds. The fourth-order valence-electron chi connectivity index (χ4n) is 4.83. The van der Waals surface area contributed by atoms with Crippen LogP contribution in [0.25, 0.3) is 0 Å². The van der Waals surface area contributed by atoms with Crippen LogP contribution in [0.5, 0.6) is 0 Å². The second-order valence-electron chi connectivity index (χ2n) is 8.79. The van der Waals surface area contributed by atoms with Crippen molar-refractivity contribution in [1.82, 2.24) is 15.5 Å². The predicted octanol–water partition coefficient (Wildman–Crippen LogP) is -0.224. The van der Waals surface area contributed by atoms with E-state index >= 15 is 0 Å². The lowest BCUT2D eigenvalue weighted by Gasteiger charge is -2.37. The number of nitrogens with one attached hydrogen (secondary N) is 2. The zero-order valence-electron chi connectivity index (χ0n) is 16.3. The molecule has 3 fully saturated rings. The number of rotatable bonds is 4. The number of hydrogen-bond donors (Lipinski definition) is 3. The molecule has 0 aromatic heterocycles. The van der Waals surface area contributed by atoms with E-state index in [0.29, 0.717) is 6.42 Å². The number of fused-ring (bicyclic) bond motifs is 1. The number of carbonyl (C=O) groups excluding carboxylic acids is 3. The van der Waals surface area contributed by atoms with Crippen LogP contribution in [0.3, 0.4) is 0 Å². The van der Waals surface area contributed by atoms with Crippen molar-refractivity contribution in [2.75, 3.05) is 13.7 Å². The lowest BCUT2D eigenvalue weighted by molar-refractivity contribution is -0.145. The number of aliphatic hydroxyl groups excluding tert-OH is 1. The Hall–Kier alpha value is -1.19. The molecule has 3 N–H and O–H groups in total. The molecule has 8 nitrogen and oxygen atoms in total. The zero-order valence-corrected chi connectivity index (χ0v) is 17.9. The number of alkyl halides is 1. The quantitative estimate of drug-likeness (QED) is 0.518. The van der Waals surface area contributed by atoms with E-state index in [4.69, 9.17) is 4.74 Å². The number of likely N-dealkylation sites (tertiary alicyclic amines) is 1. The highest BCUT2D eigenvalue weighted by Gasteiger charge is 2.76. The first-order valence-corrected chi connectivity index (χ1v) is 10.2. The highest BCUT2D eigenvalue weighted by atomic mass is 79.9. The summed E-state index contributed by atoms with van der Waals surface area (Å²) in [7, 11) is 1.53. The maximum Gasteiger partial charge on any atom is 0.246 e. The van der Waals surface area contributed by atoms with E-state index in [1.54, 1.807) is 6.92 Å². The molecule has 0 aromatic rings. The number of carbonyl (C=O) groups is 3. The summed E-state index contributed by atoms with van der Waals surface area (Å²) in [4.78, 5) is 40.4. The van der Waals surface area contributed by atoms with Crippen LogP contribution in [-0.4, -0.2) is 75.5 Å². The summed E-state index contributed by atoms with van der Waals surface area (Å²) in [6.07, 6.45) is -0.00578. The van der Waals surface area contributed by atoms with Gasteiger partial charge in [-0.3, -0.25) is 14.4 Å². The average Bonchev–Trinajstić information content (AvgIpc) is 3.15. The first-order valence-electron chi connectivity index (χ1n) is 9.27.